The zero-order valence-corrected chi connectivity index (χ0v) is 32.3. The van der Waals surface area contributed by atoms with Crippen molar-refractivity contribution in [3.63, 3.8) is 0 Å². The second-order valence-electron chi connectivity index (χ2n) is 18.5. The predicted octanol–water partition coefficient (Wildman–Crippen LogP) is 3.83. The van der Waals surface area contributed by atoms with Crippen molar-refractivity contribution in [3.05, 3.63) is 0 Å². The minimum atomic E-state index is -1.30. The second-order valence-corrected chi connectivity index (χ2v) is 18.5. The molecule has 53 heavy (non-hydrogen) atoms. The molecule has 0 bridgehead atoms. The summed E-state index contributed by atoms with van der Waals surface area (Å²) in [5, 5.41) is 22.1. The lowest BCUT2D eigenvalue weighted by atomic mass is 9.67. The summed E-state index contributed by atoms with van der Waals surface area (Å²) in [5.74, 6) is -0.194. The van der Waals surface area contributed by atoms with Gasteiger partial charge in [-0.3, -0.25) is 9.59 Å². The van der Waals surface area contributed by atoms with E-state index in [4.69, 9.17) is 4.74 Å². The van der Waals surface area contributed by atoms with E-state index in [0.717, 1.165) is 50.9 Å². The second kappa shape index (κ2) is 16.3. The van der Waals surface area contributed by atoms with Gasteiger partial charge in [0.2, 0.25) is 11.8 Å². The number of ether oxygens (including phenoxy) is 1. The topological polar surface area (TPSA) is 176 Å². The molecule has 0 aromatic heterocycles. The molecule has 0 radical (unpaired) electrons. The summed E-state index contributed by atoms with van der Waals surface area (Å²) < 4.78 is 5.56. The number of carboxylic acids is 1. The number of carboxylic acid groups (broad SMARTS) is 1. The molecule has 14 heteroatoms. The van der Waals surface area contributed by atoms with Gasteiger partial charge in [-0.15, -0.1) is 0 Å². The highest BCUT2D eigenvalue weighted by Gasteiger charge is 2.62. The Morgan fingerprint density at radius 1 is 0.849 bits per heavy atom. The van der Waals surface area contributed by atoms with Crippen molar-refractivity contribution in [2.24, 2.45) is 23.7 Å². The van der Waals surface area contributed by atoms with Crippen LogP contribution >= 0.6 is 0 Å². The molecular formula is C39H66N8O6. The fourth-order valence-corrected chi connectivity index (χ4v) is 10.8. The first-order valence-corrected chi connectivity index (χ1v) is 21.1. The van der Waals surface area contributed by atoms with Crippen LogP contribution in [0.5, 0.6) is 0 Å². The van der Waals surface area contributed by atoms with Gasteiger partial charge in [0.05, 0.1) is 12.2 Å². The van der Waals surface area contributed by atoms with Crippen LogP contribution in [0.4, 0.5) is 4.79 Å². The van der Waals surface area contributed by atoms with E-state index in [2.05, 4.69) is 32.3 Å². The summed E-state index contributed by atoms with van der Waals surface area (Å²) in [6, 6.07) is -0.985. The minimum absolute atomic E-state index is 0.000414. The number of hydrogen-bond acceptors (Lipinski definition) is 10. The highest BCUT2D eigenvalue weighted by Crippen LogP contribution is 2.48. The van der Waals surface area contributed by atoms with Crippen LogP contribution in [-0.2, 0) is 19.1 Å². The lowest BCUT2D eigenvalue weighted by Crippen LogP contribution is -2.60. The Morgan fingerprint density at radius 2 is 1.53 bits per heavy atom. The fourth-order valence-electron chi connectivity index (χ4n) is 10.8. The summed E-state index contributed by atoms with van der Waals surface area (Å²) in [6.07, 6.45) is 18.4. The summed E-state index contributed by atoms with van der Waals surface area (Å²) in [7, 11) is 0. The fraction of sp³-hybridized carbons (Fsp3) is 0.897. The Hall–Kier alpha value is -2.52. The number of hydrazine groups is 3. The van der Waals surface area contributed by atoms with Gasteiger partial charge in [0.25, 0.3) is 0 Å². The average Bonchev–Trinajstić information content (AvgIpc) is 3.42. The standard InChI is InChI=1S/C39H66N8O6/c1-38(2,3)53-37(52)41-30-19-11-6-4-5-10-16-25-22-39(25,36(50)51)42-34(48)32-20-26(23-46(32)35(30)49)47-44-33(43-45-47)28-21-31(24-14-8-7-9-15-24)40-29-18-13-12-17-27(28)29/h24-33,40,43-45H,4-23H2,1-3H3,(H,41,52)(H,42,48)(H,50,51)/t25-,26-,27?,28?,29?,30-,31?,32+,33?,39+/m1/s1. The molecule has 7 N–H and O–H groups in total. The number of piperidine rings is 1. The van der Waals surface area contributed by atoms with Gasteiger partial charge in [0, 0.05) is 18.6 Å². The third kappa shape index (κ3) is 8.82. The van der Waals surface area contributed by atoms with E-state index in [0.29, 0.717) is 43.2 Å². The molecule has 3 saturated carbocycles. The third-order valence-corrected chi connectivity index (χ3v) is 13.7. The lowest BCUT2D eigenvalue weighted by molar-refractivity contribution is -0.146. The van der Waals surface area contributed by atoms with Crippen molar-refractivity contribution in [2.75, 3.05) is 6.54 Å². The van der Waals surface area contributed by atoms with Gasteiger partial charge in [-0.1, -0.05) is 64.2 Å². The van der Waals surface area contributed by atoms with E-state index in [9.17, 15) is 24.3 Å². The molecule has 5 unspecified atom stereocenters. The number of carbonyl (C=O) groups is 4. The van der Waals surface area contributed by atoms with Crippen LogP contribution in [0.3, 0.4) is 0 Å². The number of nitrogens with one attached hydrogen (secondary N) is 6. The van der Waals surface area contributed by atoms with Gasteiger partial charge < -0.3 is 30.7 Å². The van der Waals surface area contributed by atoms with Crippen LogP contribution < -0.4 is 32.3 Å². The van der Waals surface area contributed by atoms with E-state index in [1.807, 2.05) is 5.12 Å². The summed E-state index contributed by atoms with van der Waals surface area (Å²) in [6.45, 7) is 5.59. The molecule has 4 heterocycles. The normalized spacial score (nSPS) is 39.5. The molecule has 4 saturated heterocycles. The SMILES string of the molecule is CC(C)(C)OC(=O)N[C@@H]1CCCCCCC[C@@H]2C[C@]2(C(=O)O)NC(=O)[C@@H]2C[C@@H](N3NNC(C4CC(C5CCCCC5)NC5CCCCC54)N3)CN2C1=O. The number of hydrogen-bond donors (Lipinski definition) is 7. The molecule has 0 aromatic carbocycles. The van der Waals surface area contributed by atoms with Crippen molar-refractivity contribution in [2.45, 2.75) is 190 Å². The predicted molar refractivity (Wildman–Crippen MR) is 198 cm³/mol. The van der Waals surface area contributed by atoms with Crippen LogP contribution in [0.2, 0.25) is 0 Å². The zero-order valence-electron chi connectivity index (χ0n) is 32.3. The molecule has 3 amide bonds. The van der Waals surface area contributed by atoms with Gasteiger partial charge in [-0.25, -0.2) is 20.4 Å². The molecule has 0 spiro atoms. The van der Waals surface area contributed by atoms with Gasteiger partial charge >= 0.3 is 12.1 Å². The number of alkyl carbamates (subject to hydrolysis) is 1. The lowest BCUT2D eigenvalue weighted by Gasteiger charge is -2.49. The Labute approximate surface area is 315 Å². The summed E-state index contributed by atoms with van der Waals surface area (Å²) in [4.78, 5) is 55.9. The van der Waals surface area contributed by atoms with Crippen molar-refractivity contribution in [3.8, 4) is 0 Å². The quantitative estimate of drug-likeness (QED) is 0.218. The smallest absolute Gasteiger partial charge is 0.408 e. The molecule has 3 aliphatic carbocycles. The number of rotatable bonds is 5. The Bertz CT molecular complexity index is 1340. The molecule has 14 nitrogen and oxygen atoms in total. The van der Waals surface area contributed by atoms with Crippen LogP contribution in [0.15, 0.2) is 0 Å². The molecular weight excluding hydrogens is 676 g/mol. The first-order valence-electron chi connectivity index (χ1n) is 21.1. The monoisotopic (exact) mass is 743 g/mol. The third-order valence-electron chi connectivity index (χ3n) is 13.7. The number of amides is 3. The number of fused-ring (bicyclic) bond motifs is 3. The Balaban J connectivity index is 1.09. The van der Waals surface area contributed by atoms with E-state index in [1.54, 1.807) is 25.7 Å². The van der Waals surface area contributed by atoms with E-state index in [1.165, 1.54) is 57.8 Å². The van der Waals surface area contributed by atoms with E-state index in [-0.39, 0.29) is 30.6 Å². The van der Waals surface area contributed by atoms with Crippen LogP contribution in [0.25, 0.3) is 0 Å². The number of carbonyl (C=O) groups excluding carboxylic acids is 3. The average molecular weight is 743 g/mol. The largest absolute Gasteiger partial charge is 0.479 e. The zero-order chi connectivity index (χ0) is 37.3. The van der Waals surface area contributed by atoms with Crippen molar-refractivity contribution < 1.29 is 29.0 Å². The Morgan fingerprint density at radius 3 is 2.28 bits per heavy atom. The highest BCUT2D eigenvalue weighted by atomic mass is 16.6. The first kappa shape index (κ1) is 38.7. The molecule has 7 aliphatic rings. The molecule has 7 rings (SSSR count). The maximum atomic E-state index is 14.5. The molecule has 4 aliphatic heterocycles. The first-order chi connectivity index (χ1) is 25.4. The van der Waals surface area contributed by atoms with Gasteiger partial charge in [0.1, 0.15) is 23.2 Å². The molecule has 10 atom stereocenters. The number of nitrogens with zero attached hydrogens (tertiary/aromatic N) is 2. The van der Waals surface area contributed by atoms with Gasteiger partial charge in [-0.05, 0) is 102 Å². The molecule has 7 fully saturated rings. The van der Waals surface area contributed by atoms with Crippen LogP contribution in [0.1, 0.15) is 143 Å². The van der Waals surface area contributed by atoms with Crippen LogP contribution in [0, 0.1) is 23.7 Å². The van der Waals surface area contributed by atoms with E-state index < -0.39 is 41.2 Å². The summed E-state index contributed by atoms with van der Waals surface area (Å²) >= 11 is 0. The highest BCUT2D eigenvalue weighted by molar-refractivity contribution is 5.96. The van der Waals surface area contributed by atoms with Crippen LogP contribution in [-0.4, -0.2) is 93.1 Å². The molecule has 0 aromatic rings. The minimum Gasteiger partial charge on any atom is -0.479 e. The maximum absolute atomic E-state index is 14.5. The molecule has 298 valence electrons. The van der Waals surface area contributed by atoms with Gasteiger partial charge in [0.15, 0.2) is 0 Å². The Kier molecular flexibility index (Phi) is 11.9. The van der Waals surface area contributed by atoms with E-state index >= 15 is 0 Å². The summed E-state index contributed by atoms with van der Waals surface area (Å²) in [5.41, 5.74) is 8.66. The van der Waals surface area contributed by atoms with Crippen molar-refractivity contribution >= 4 is 23.9 Å². The maximum Gasteiger partial charge on any atom is 0.408 e. The van der Waals surface area contributed by atoms with Gasteiger partial charge in [-0.2, -0.15) is 10.7 Å². The van der Waals surface area contributed by atoms with Crippen molar-refractivity contribution in [1.82, 2.24) is 42.4 Å². The van der Waals surface area contributed by atoms with Crippen molar-refractivity contribution in [1.29, 1.82) is 0 Å². The number of aliphatic carboxylic acids is 1.